The van der Waals surface area contributed by atoms with Crippen molar-refractivity contribution in [3.05, 3.63) is 35.5 Å². The van der Waals surface area contributed by atoms with E-state index in [1.165, 1.54) is 37.5 Å². The second-order valence-corrected chi connectivity index (χ2v) is 26.8. The summed E-state index contributed by atoms with van der Waals surface area (Å²) in [5, 5.41) is 0.317. The third-order valence-electron chi connectivity index (χ3n) is 11.9. The Balaban J connectivity index is 1.95. The van der Waals surface area contributed by atoms with Gasteiger partial charge in [0.1, 0.15) is 6.29 Å². The first-order chi connectivity index (χ1) is 18.1. The Morgan fingerprint density at radius 2 is 1.48 bits per heavy atom. The van der Waals surface area contributed by atoms with E-state index in [0.29, 0.717) is 11.8 Å². The third-order valence-corrected chi connectivity index (χ3v) is 20.9. The minimum atomic E-state index is -1.98. The van der Waals surface area contributed by atoms with Gasteiger partial charge in [0.05, 0.1) is 12.2 Å². The molecule has 0 N–H and O–H groups in total. The summed E-state index contributed by atoms with van der Waals surface area (Å²) in [5.74, 6) is 1.02. The van der Waals surface area contributed by atoms with Gasteiger partial charge in [0.25, 0.3) is 0 Å². The maximum Gasteiger partial charge on any atom is 0.192 e. The molecule has 5 atom stereocenters. The highest BCUT2D eigenvalue weighted by molar-refractivity contribution is 6.74. The highest BCUT2D eigenvalue weighted by atomic mass is 28.4. The smallest absolute Gasteiger partial charge is 0.192 e. The summed E-state index contributed by atoms with van der Waals surface area (Å²) in [6.45, 7) is 34.8. The van der Waals surface area contributed by atoms with Crippen LogP contribution in [-0.4, -0.2) is 35.1 Å². The van der Waals surface area contributed by atoms with Gasteiger partial charge in [-0.1, -0.05) is 86.6 Å². The molecule has 3 saturated carbocycles. The van der Waals surface area contributed by atoms with E-state index in [4.69, 9.17) is 8.85 Å². The number of hydrogen-bond donors (Lipinski definition) is 0. The van der Waals surface area contributed by atoms with Gasteiger partial charge in [0, 0.05) is 11.8 Å². The van der Waals surface area contributed by atoms with Crippen LogP contribution in [0.4, 0.5) is 0 Å². The van der Waals surface area contributed by atoms with Crippen molar-refractivity contribution < 1.29 is 13.6 Å². The molecule has 5 heteroatoms. The number of aldehydes is 1. The second kappa shape index (κ2) is 11.4. The van der Waals surface area contributed by atoms with Crippen molar-refractivity contribution in [2.45, 2.75) is 156 Å². The lowest BCUT2D eigenvalue weighted by Gasteiger charge is -2.46. The number of fused-ring (bicyclic) bond motifs is 1. The molecule has 3 aliphatic rings. The molecule has 0 unspecified atom stereocenters. The van der Waals surface area contributed by atoms with Crippen molar-refractivity contribution in [1.82, 2.24) is 0 Å². The molecule has 0 bridgehead atoms. The molecule has 0 saturated heterocycles. The van der Waals surface area contributed by atoms with Crippen LogP contribution in [0.2, 0.25) is 36.3 Å². The van der Waals surface area contributed by atoms with Gasteiger partial charge in [0.2, 0.25) is 0 Å². The van der Waals surface area contributed by atoms with Gasteiger partial charge in [-0.05, 0) is 103 Å². The van der Waals surface area contributed by atoms with E-state index < -0.39 is 16.6 Å². The molecular formula is C35H62O3Si2. The number of carbonyl (C=O) groups excluding carboxylic acids is 1. The molecule has 3 nitrogen and oxygen atoms in total. The topological polar surface area (TPSA) is 35.5 Å². The molecule has 40 heavy (non-hydrogen) atoms. The Kier molecular flexibility index (Phi) is 9.61. The molecule has 0 spiro atoms. The zero-order valence-electron chi connectivity index (χ0n) is 28.4. The largest absolute Gasteiger partial charge is 0.413 e. The second-order valence-electron chi connectivity index (χ2n) is 17.2. The molecule has 0 amide bonds. The fourth-order valence-corrected chi connectivity index (χ4v) is 9.98. The molecule has 0 aromatic heterocycles. The van der Waals surface area contributed by atoms with Crippen LogP contribution in [0.1, 0.15) is 107 Å². The minimum Gasteiger partial charge on any atom is -0.413 e. The van der Waals surface area contributed by atoms with Gasteiger partial charge in [-0.3, -0.25) is 0 Å². The predicted octanol–water partition coefficient (Wildman–Crippen LogP) is 10.4. The molecule has 3 fully saturated rings. The fourth-order valence-electron chi connectivity index (χ4n) is 7.31. The lowest BCUT2D eigenvalue weighted by atomic mass is 9.58. The molecule has 0 aliphatic heterocycles. The van der Waals surface area contributed by atoms with Crippen molar-refractivity contribution in [3.8, 4) is 0 Å². The van der Waals surface area contributed by atoms with E-state index in [-0.39, 0.29) is 33.1 Å². The van der Waals surface area contributed by atoms with Gasteiger partial charge in [0.15, 0.2) is 16.6 Å². The Labute approximate surface area is 249 Å². The summed E-state index contributed by atoms with van der Waals surface area (Å²) in [6, 6.07) is 0. The Morgan fingerprint density at radius 3 is 2.02 bits per heavy atom. The first-order valence-corrected chi connectivity index (χ1v) is 21.8. The molecule has 0 aromatic rings. The average molecular weight is 587 g/mol. The number of hydrogen-bond acceptors (Lipinski definition) is 3. The minimum absolute atomic E-state index is 0.00920. The zero-order chi connectivity index (χ0) is 30.5. The fraction of sp³-hybridized carbons (Fsp3) is 0.800. The van der Waals surface area contributed by atoms with Crippen LogP contribution < -0.4 is 0 Å². The number of allylic oxidation sites excluding steroid dienone is 3. The van der Waals surface area contributed by atoms with E-state index in [0.717, 1.165) is 24.8 Å². The quantitative estimate of drug-likeness (QED) is 0.220. The Morgan fingerprint density at radius 1 is 0.900 bits per heavy atom. The van der Waals surface area contributed by atoms with Crippen molar-refractivity contribution in [3.63, 3.8) is 0 Å². The first-order valence-electron chi connectivity index (χ1n) is 16.0. The van der Waals surface area contributed by atoms with E-state index >= 15 is 0 Å². The van der Waals surface area contributed by atoms with E-state index in [2.05, 4.69) is 107 Å². The Bertz CT molecular complexity index is 1020. The van der Waals surface area contributed by atoms with E-state index in [1.807, 2.05) is 0 Å². The van der Waals surface area contributed by atoms with Crippen LogP contribution in [0.5, 0.6) is 0 Å². The van der Waals surface area contributed by atoms with Crippen LogP contribution in [-0.2, 0) is 13.6 Å². The molecule has 3 rings (SSSR count). The van der Waals surface area contributed by atoms with Crippen molar-refractivity contribution in [2.75, 3.05) is 0 Å². The zero-order valence-corrected chi connectivity index (χ0v) is 30.4. The van der Waals surface area contributed by atoms with Gasteiger partial charge in [-0.2, -0.15) is 0 Å². The molecular weight excluding hydrogens is 525 g/mol. The average Bonchev–Trinajstić information content (AvgIpc) is 3.16. The van der Waals surface area contributed by atoms with Crippen molar-refractivity contribution in [1.29, 1.82) is 0 Å². The van der Waals surface area contributed by atoms with E-state index in [9.17, 15) is 4.79 Å². The highest BCUT2D eigenvalue weighted by Gasteiger charge is 2.54. The van der Waals surface area contributed by atoms with Crippen LogP contribution in [0, 0.1) is 22.7 Å². The number of rotatable bonds is 7. The maximum atomic E-state index is 12.0. The van der Waals surface area contributed by atoms with Crippen LogP contribution in [0.25, 0.3) is 0 Å². The van der Waals surface area contributed by atoms with Gasteiger partial charge in [-0.15, -0.1) is 0 Å². The van der Waals surface area contributed by atoms with Crippen molar-refractivity contribution >= 4 is 22.9 Å². The normalized spacial score (nSPS) is 33.0. The van der Waals surface area contributed by atoms with Crippen LogP contribution >= 0.6 is 0 Å². The summed E-state index contributed by atoms with van der Waals surface area (Å²) < 4.78 is 14.1. The van der Waals surface area contributed by atoms with Gasteiger partial charge in [-0.25, -0.2) is 0 Å². The molecule has 0 heterocycles. The van der Waals surface area contributed by atoms with Gasteiger partial charge >= 0.3 is 0 Å². The first kappa shape index (κ1) is 33.7. The van der Waals surface area contributed by atoms with E-state index in [1.54, 1.807) is 5.57 Å². The molecule has 3 aliphatic carbocycles. The Hall–Kier alpha value is -0.756. The maximum absolute atomic E-state index is 12.0. The summed E-state index contributed by atoms with van der Waals surface area (Å²) in [5.41, 5.74) is 3.99. The summed E-state index contributed by atoms with van der Waals surface area (Å²) in [4.78, 5) is 12.0. The van der Waals surface area contributed by atoms with Crippen molar-refractivity contribution in [2.24, 2.45) is 22.7 Å². The lowest BCUT2D eigenvalue weighted by Crippen LogP contribution is -2.49. The van der Waals surface area contributed by atoms with Crippen LogP contribution in [0.3, 0.4) is 0 Å². The van der Waals surface area contributed by atoms with Gasteiger partial charge < -0.3 is 13.6 Å². The summed E-state index contributed by atoms with van der Waals surface area (Å²) in [6.07, 6.45) is 14.0. The SMILES string of the molecule is C=C1/C(=C\C=C2/CCC[C@]3(C)[C@@H](C(C)(C)C=O)CC[C@@H]23)C[C@@H](O[Si](C)(C)C(C)(C)C)C[C@@H]1O[Si](C)(C)C(C)(C)C. The molecule has 0 aromatic carbocycles. The summed E-state index contributed by atoms with van der Waals surface area (Å²) >= 11 is 0. The van der Waals surface area contributed by atoms with Crippen LogP contribution in [0.15, 0.2) is 35.5 Å². The third kappa shape index (κ3) is 6.73. The highest BCUT2D eigenvalue weighted by Crippen LogP contribution is 2.61. The molecule has 0 radical (unpaired) electrons. The predicted molar refractivity (Wildman–Crippen MR) is 177 cm³/mol. The monoisotopic (exact) mass is 586 g/mol. The standard InChI is InChI=1S/C35H62O3Si2/c1-25-27(18-17-26-16-15-21-35(10)29(26)19-20-31(35)34(8,9)24-36)22-28(37-39(11,12)32(2,3)4)23-30(25)38-40(13,14)33(5,6)7/h17-18,24,28-31H,1,15-16,19-23H2,2-14H3/b26-17+,27-18-/t28-,29+,30+,31-,35+/m1/s1. The molecule has 228 valence electrons. The lowest BCUT2D eigenvalue weighted by molar-refractivity contribution is -0.120. The summed E-state index contributed by atoms with van der Waals surface area (Å²) in [7, 11) is -3.90. The number of carbonyl (C=O) groups is 1.